The van der Waals surface area contributed by atoms with Crippen LogP contribution in [-0.2, 0) is 11.2 Å². The zero-order chi connectivity index (χ0) is 25.9. The summed E-state index contributed by atoms with van der Waals surface area (Å²) in [6.07, 6.45) is 5.97. The van der Waals surface area contributed by atoms with Crippen LogP contribution in [0.2, 0.25) is 0 Å². The second kappa shape index (κ2) is 10.6. The number of hydrogen-bond acceptors (Lipinski definition) is 7. The molecule has 1 aliphatic rings. The quantitative estimate of drug-likeness (QED) is 0.389. The number of carbonyl (C=O) groups excluding carboxylic acids is 1. The van der Waals surface area contributed by atoms with Gasteiger partial charge in [0.25, 0.3) is 0 Å². The summed E-state index contributed by atoms with van der Waals surface area (Å²) < 4.78 is 19.3. The first-order valence-corrected chi connectivity index (χ1v) is 12.6. The van der Waals surface area contributed by atoms with Crippen molar-refractivity contribution in [1.29, 1.82) is 0 Å². The van der Waals surface area contributed by atoms with Gasteiger partial charge >= 0.3 is 6.09 Å². The van der Waals surface area contributed by atoms with Gasteiger partial charge in [-0.25, -0.2) is 24.1 Å². The fourth-order valence-corrected chi connectivity index (χ4v) is 4.50. The molecule has 0 aliphatic heterocycles. The van der Waals surface area contributed by atoms with Crippen LogP contribution in [0.4, 0.5) is 20.8 Å². The number of nitrogens with one attached hydrogen (secondary N) is 2. The molecule has 9 heteroatoms. The van der Waals surface area contributed by atoms with Gasteiger partial charge in [-0.2, -0.15) is 0 Å². The first kappa shape index (κ1) is 25.6. The second-order valence-corrected chi connectivity index (χ2v) is 10.4. The molecule has 1 fully saturated rings. The van der Waals surface area contributed by atoms with Gasteiger partial charge < -0.3 is 21.1 Å². The van der Waals surface area contributed by atoms with Crippen LogP contribution in [0, 0.1) is 11.7 Å². The fraction of sp³-hybridized carbons (Fsp3) is 0.481. The normalized spacial score (nSPS) is 18.1. The average Bonchev–Trinajstić information content (AvgIpc) is 2.83. The maximum atomic E-state index is 14.0. The maximum absolute atomic E-state index is 14.0. The highest BCUT2D eigenvalue weighted by atomic mass is 19.1. The Morgan fingerprint density at radius 1 is 1.17 bits per heavy atom. The van der Waals surface area contributed by atoms with Crippen LogP contribution in [0.1, 0.15) is 58.9 Å². The molecule has 1 saturated carbocycles. The number of nitrogens with zero attached hydrogens (tertiary/aromatic N) is 3. The average molecular weight is 495 g/mol. The number of pyridine rings is 1. The molecule has 192 valence electrons. The van der Waals surface area contributed by atoms with Gasteiger partial charge in [0.1, 0.15) is 16.9 Å². The number of nitrogen functional groups attached to an aromatic ring is 1. The monoisotopic (exact) mass is 494 g/mol. The number of fused-ring (bicyclic) bond motifs is 1. The molecule has 2 heterocycles. The van der Waals surface area contributed by atoms with Crippen LogP contribution in [-0.4, -0.2) is 39.2 Å². The van der Waals surface area contributed by atoms with Crippen LogP contribution >= 0.6 is 0 Å². The number of alkyl carbamates (subject to hydrolysis) is 1. The van der Waals surface area contributed by atoms with Crippen molar-refractivity contribution in [2.75, 3.05) is 17.6 Å². The van der Waals surface area contributed by atoms with E-state index in [1.165, 1.54) is 6.07 Å². The highest BCUT2D eigenvalue weighted by molar-refractivity contribution is 5.82. The Morgan fingerprint density at radius 2 is 1.92 bits per heavy atom. The summed E-state index contributed by atoms with van der Waals surface area (Å²) in [7, 11) is 0. The van der Waals surface area contributed by atoms with Crippen LogP contribution in [0.3, 0.4) is 0 Å². The van der Waals surface area contributed by atoms with Crippen LogP contribution < -0.4 is 16.4 Å². The molecule has 3 aromatic rings. The second-order valence-electron chi connectivity index (χ2n) is 10.4. The third-order valence-electron chi connectivity index (χ3n) is 6.42. The van der Waals surface area contributed by atoms with E-state index in [1.54, 1.807) is 18.3 Å². The van der Waals surface area contributed by atoms with Crippen LogP contribution in [0.15, 0.2) is 30.5 Å². The third kappa shape index (κ3) is 6.38. The molecule has 0 bridgehead atoms. The van der Waals surface area contributed by atoms with E-state index in [0.717, 1.165) is 49.7 Å². The Balaban J connectivity index is 1.37. The molecule has 0 saturated heterocycles. The number of anilines is 2. The van der Waals surface area contributed by atoms with Gasteiger partial charge in [-0.15, -0.1) is 0 Å². The van der Waals surface area contributed by atoms with Crippen molar-refractivity contribution < 1.29 is 13.9 Å². The molecule has 0 atom stereocenters. The summed E-state index contributed by atoms with van der Waals surface area (Å²) in [6.45, 7) is 8.42. The number of aryl methyl sites for hydroxylation is 1. The van der Waals surface area contributed by atoms with Crippen LogP contribution in [0.5, 0.6) is 0 Å². The largest absolute Gasteiger partial charge is 0.444 e. The number of carbonyl (C=O) groups is 1. The SMILES string of the molecule is CCc1cc(-c2ccc(N)c(F)c2)nc2cnc(NCC3CCC(NC(=O)OC(C)(C)C)CC3)nc12. The molecule has 4 N–H and O–H groups in total. The van der Waals surface area contributed by atoms with E-state index < -0.39 is 11.4 Å². The predicted molar refractivity (Wildman–Crippen MR) is 140 cm³/mol. The third-order valence-corrected chi connectivity index (χ3v) is 6.42. The van der Waals surface area contributed by atoms with Gasteiger partial charge in [0.05, 0.1) is 23.1 Å². The van der Waals surface area contributed by atoms with Crippen molar-refractivity contribution in [3.8, 4) is 11.3 Å². The topological polar surface area (TPSA) is 115 Å². The molecule has 2 aromatic heterocycles. The lowest BCUT2D eigenvalue weighted by Crippen LogP contribution is -2.41. The Hall–Kier alpha value is -3.49. The van der Waals surface area contributed by atoms with E-state index in [1.807, 2.05) is 26.8 Å². The molecule has 0 radical (unpaired) electrons. The van der Waals surface area contributed by atoms with Gasteiger partial charge in [-0.05, 0) is 82.6 Å². The van der Waals surface area contributed by atoms with Gasteiger partial charge in [-0.1, -0.05) is 13.0 Å². The van der Waals surface area contributed by atoms with Crippen molar-refractivity contribution in [1.82, 2.24) is 20.3 Å². The van der Waals surface area contributed by atoms with Crippen LogP contribution in [0.25, 0.3) is 22.3 Å². The molecule has 36 heavy (non-hydrogen) atoms. The van der Waals surface area contributed by atoms with E-state index in [9.17, 15) is 9.18 Å². The van der Waals surface area contributed by atoms with E-state index in [0.29, 0.717) is 28.6 Å². The summed E-state index contributed by atoms with van der Waals surface area (Å²) >= 11 is 0. The van der Waals surface area contributed by atoms with Gasteiger partial charge in [-0.3, -0.25) is 0 Å². The predicted octanol–water partition coefficient (Wildman–Crippen LogP) is 5.47. The minimum Gasteiger partial charge on any atom is -0.444 e. The number of hydrogen-bond donors (Lipinski definition) is 3. The van der Waals surface area contributed by atoms with E-state index >= 15 is 0 Å². The maximum Gasteiger partial charge on any atom is 0.407 e. The molecule has 1 aliphatic carbocycles. The van der Waals surface area contributed by atoms with Gasteiger partial charge in [0.15, 0.2) is 0 Å². The molecule has 1 aromatic carbocycles. The van der Waals surface area contributed by atoms with Crippen molar-refractivity contribution >= 4 is 28.8 Å². The molecule has 8 nitrogen and oxygen atoms in total. The zero-order valence-electron chi connectivity index (χ0n) is 21.4. The number of ether oxygens (including phenoxy) is 1. The molecule has 4 rings (SSSR count). The van der Waals surface area contributed by atoms with Crippen molar-refractivity contribution in [3.63, 3.8) is 0 Å². The molecule has 0 unspecified atom stereocenters. The molecular formula is C27H35FN6O2. The minimum absolute atomic E-state index is 0.113. The number of halogens is 1. The van der Waals surface area contributed by atoms with Crippen molar-refractivity contribution in [2.24, 2.45) is 5.92 Å². The lowest BCUT2D eigenvalue weighted by atomic mass is 9.86. The Morgan fingerprint density at radius 3 is 2.58 bits per heavy atom. The van der Waals surface area contributed by atoms with Gasteiger partial charge in [0, 0.05) is 18.2 Å². The lowest BCUT2D eigenvalue weighted by molar-refractivity contribution is 0.0488. The Kier molecular flexibility index (Phi) is 7.56. The smallest absolute Gasteiger partial charge is 0.407 e. The van der Waals surface area contributed by atoms with Gasteiger partial charge in [0.2, 0.25) is 5.95 Å². The van der Waals surface area contributed by atoms with Crippen molar-refractivity contribution in [3.05, 3.63) is 41.8 Å². The highest BCUT2D eigenvalue weighted by Gasteiger charge is 2.25. The Bertz CT molecular complexity index is 1230. The molecule has 1 amide bonds. The fourth-order valence-electron chi connectivity index (χ4n) is 4.50. The summed E-state index contributed by atoms with van der Waals surface area (Å²) in [5.41, 5.74) is 9.04. The van der Waals surface area contributed by atoms with Crippen molar-refractivity contribution in [2.45, 2.75) is 71.4 Å². The molecular weight excluding hydrogens is 459 g/mol. The summed E-state index contributed by atoms with van der Waals surface area (Å²) in [5.74, 6) is 0.588. The number of aromatic nitrogens is 3. The van der Waals surface area contributed by atoms with E-state index in [-0.39, 0.29) is 17.8 Å². The van der Waals surface area contributed by atoms with E-state index in [2.05, 4.69) is 27.5 Å². The highest BCUT2D eigenvalue weighted by Crippen LogP contribution is 2.28. The van der Waals surface area contributed by atoms with E-state index in [4.69, 9.17) is 15.5 Å². The number of amides is 1. The number of benzene rings is 1. The number of rotatable bonds is 6. The minimum atomic E-state index is -0.492. The summed E-state index contributed by atoms with van der Waals surface area (Å²) in [4.78, 5) is 25.9. The first-order valence-electron chi connectivity index (χ1n) is 12.6. The Labute approximate surface area is 211 Å². The zero-order valence-corrected chi connectivity index (χ0v) is 21.4. The standard InChI is InChI=1S/C27H35FN6O2/c1-5-17-13-22(18-8-11-21(29)20(28)12-18)33-23-15-31-25(34-24(17)23)30-14-16-6-9-19(10-7-16)32-26(35)36-27(2,3)4/h8,11-13,15-16,19H,5-7,9-10,14,29H2,1-4H3,(H,32,35)(H,30,31,34). The summed E-state index contributed by atoms with van der Waals surface area (Å²) in [5, 5.41) is 6.36. The summed E-state index contributed by atoms with van der Waals surface area (Å²) in [6, 6.07) is 6.81. The lowest BCUT2D eigenvalue weighted by Gasteiger charge is -2.30. The first-order chi connectivity index (χ1) is 17.1. The molecule has 0 spiro atoms. The number of nitrogens with two attached hydrogens (primary N) is 1.